The van der Waals surface area contributed by atoms with Crippen LogP contribution in [0.25, 0.3) is 0 Å². The minimum absolute atomic E-state index is 0.176. The van der Waals surface area contributed by atoms with Crippen molar-refractivity contribution in [3.8, 4) is 0 Å². The van der Waals surface area contributed by atoms with Crippen molar-refractivity contribution in [1.29, 1.82) is 5.41 Å². The second-order valence-corrected chi connectivity index (χ2v) is 18.3. The smallest absolute Gasteiger partial charge is 0.265 e. The first-order valence-electron chi connectivity index (χ1n) is 20.1. The number of rotatable bonds is 14. The molecule has 1 N–H and O–H groups in total. The zero-order valence-corrected chi connectivity index (χ0v) is 36.1. The molecule has 4 fully saturated rings. The average Bonchev–Trinajstić information content (AvgIpc) is 3.55. The van der Waals surface area contributed by atoms with Gasteiger partial charge in [-0.15, -0.1) is 0 Å². The van der Waals surface area contributed by atoms with Gasteiger partial charge in [-0.1, -0.05) is 140 Å². The molecule has 59 heavy (non-hydrogen) atoms. The van der Waals surface area contributed by atoms with Gasteiger partial charge in [-0.25, -0.2) is 0 Å². The lowest BCUT2D eigenvalue weighted by molar-refractivity contribution is -0.343. The van der Waals surface area contributed by atoms with E-state index in [2.05, 4.69) is 6.92 Å². The molecule has 0 aromatic heterocycles. The summed E-state index contributed by atoms with van der Waals surface area (Å²) in [6.07, 6.45) is -7.01. The van der Waals surface area contributed by atoms with Crippen LogP contribution < -0.4 is 0 Å². The van der Waals surface area contributed by atoms with E-state index in [0.717, 1.165) is 16.7 Å². The highest BCUT2D eigenvalue weighted by Gasteiger charge is 2.58. The van der Waals surface area contributed by atoms with Crippen molar-refractivity contribution >= 4 is 40.7 Å². The van der Waals surface area contributed by atoms with Crippen LogP contribution in [0.5, 0.6) is 0 Å². The number of nitrogens with one attached hydrogen (secondary N) is 1. The second kappa shape index (κ2) is 19.8. The zero-order valence-electron chi connectivity index (χ0n) is 33.8. The maximum absolute atomic E-state index is 8.17. The molecular weight excluding hydrogens is 825 g/mol. The first-order valence-corrected chi connectivity index (χ1v) is 21.2. The van der Waals surface area contributed by atoms with Gasteiger partial charge in [0, 0.05) is 11.8 Å². The summed E-state index contributed by atoms with van der Waals surface area (Å²) in [6.45, 7) is 11.1. The monoisotopic (exact) mass is 877 g/mol. The Kier molecular flexibility index (Phi) is 14.9. The van der Waals surface area contributed by atoms with Crippen molar-refractivity contribution in [2.45, 2.75) is 132 Å². The predicted octanol–water partition coefficient (Wildman–Crippen LogP) is 8.13. The first-order chi connectivity index (χ1) is 28.3. The van der Waals surface area contributed by atoms with Gasteiger partial charge < -0.3 is 52.1 Å². The Bertz CT molecular complexity index is 1770. The number of hydrogen-bond donors (Lipinski definition) is 1. The molecule has 0 spiro atoms. The topological polar surface area (TPSA) is 125 Å². The molecule has 3 aromatic carbocycles. The molecule has 0 aliphatic carbocycles. The summed E-state index contributed by atoms with van der Waals surface area (Å²) in [6, 6.07) is 30.1. The van der Waals surface area contributed by atoms with Crippen LogP contribution in [0.1, 0.15) is 51.3 Å². The van der Waals surface area contributed by atoms with Crippen LogP contribution in [0.3, 0.4) is 0 Å². The lowest BCUT2D eigenvalue weighted by Gasteiger charge is -2.47. The fourth-order valence-corrected chi connectivity index (χ4v) is 8.09. The standard InChI is InChI=1S/C44H54Cl3NO11/c1-26-34(51-23-31-19-13-8-14-20-31)32(49-21-29-15-9-6-10-16-29)24-52-39(26)55-35-27(2)40(53-25-33(35)50-22-30-17-11-7-12-18-30)56-36-28(3)54-41(57-42(48)44(45,46)47)38-37(36)58-43(4,5)59-38/h6-20,26-28,32-41,48H,21-25H2,1-5H3/t26?,27?,28?,32-,33-,34?,35?,36+,37?,38?,39+,40+,41+/m1/s1. The molecule has 0 radical (unpaired) electrons. The van der Waals surface area contributed by atoms with Gasteiger partial charge in [0.25, 0.3) is 3.79 Å². The highest BCUT2D eigenvalue weighted by Crippen LogP contribution is 2.42. The summed E-state index contributed by atoms with van der Waals surface area (Å²) in [5.41, 5.74) is 3.14. The first kappa shape index (κ1) is 44.6. The molecule has 322 valence electrons. The van der Waals surface area contributed by atoms with Crippen molar-refractivity contribution in [3.63, 3.8) is 0 Å². The third-order valence-electron chi connectivity index (χ3n) is 11.0. The van der Waals surface area contributed by atoms with Crippen molar-refractivity contribution in [3.05, 3.63) is 108 Å². The van der Waals surface area contributed by atoms with Crippen molar-refractivity contribution in [2.75, 3.05) is 13.2 Å². The number of ether oxygens (including phenoxy) is 11. The van der Waals surface area contributed by atoms with E-state index in [1.54, 1.807) is 13.8 Å². The molecule has 7 rings (SSSR count). The van der Waals surface area contributed by atoms with Crippen LogP contribution in [-0.2, 0) is 71.9 Å². The molecule has 4 aliphatic rings. The molecule has 4 saturated heterocycles. The molecular formula is C44H54Cl3NO11. The molecule has 0 saturated carbocycles. The Balaban J connectivity index is 1.09. The summed E-state index contributed by atoms with van der Waals surface area (Å²) in [7, 11) is 0. The molecule has 12 nitrogen and oxygen atoms in total. The largest absolute Gasteiger partial charge is 0.445 e. The second-order valence-electron chi connectivity index (χ2n) is 16.0. The fourth-order valence-electron chi connectivity index (χ4n) is 7.96. The van der Waals surface area contributed by atoms with Gasteiger partial charge in [-0.3, -0.25) is 5.41 Å². The van der Waals surface area contributed by atoms with Crippen LogP contribution in [0.15, 0.2) is 91.0 Å². The van der Waals surface area contributed by atoms with E-state index in [4.69, 9.17) is 92.3 Å². The van der Waals surface area contributed by atoms with Crippen LogP contribution in [-0.4, -0.2) is 96.4 Å². The van der Waals surface area contributed by atoms with Crippen molar-refractivity contribution in [2.24, 2.45) is 11.8 Å². The van der Waals surface area contributed by atoms with Gasteiger partial charge >= 0.3 is 0 Å². The molecule has 3 aromatic rings. The Morgan fingerprint density at radius 3 is 1.58 bits per heavy atom. The maximum Gasteiger partial charge on any atom is 0.265 e. The molecule has 0 amide bonds. The van der Waals surface area contributed by atoms with E-state index < -0.39 is 71.0 Å². The number of hydrogen-bond acceptors (Lipinski definition) is 12. The van der Waals surface area contributed by atoms with Gasteiger partial charge in [0.1, 0.15) is 24.4 Å². The summed E-state index contributed by atoms with van der Waals surface area (Å²) in [5, 5.41) is 8.17. The zero-order chi connectivity index (χ0) is 41.7. The van der Waals surface area contributed by atoms with E-state index >= 15 is 0 Å². The Labute approximate surface area is 361 Å². The summed E-state index contributed by atoms with van der Waals surface area (Å²) >= 11 is 17.8. The number of alkyl halides is 3. The molecule has 0 bridgehead atoms. The number of halogens is 3. The summed E-state index contributed by atoms with van der Waals surface area (Å²) in [5.74, 6) is -2.23. The van der Waals surface area contributed by atoms with Crippen LogP contribution in [0.4, 0.5) is 0 Å². The normalized spacial score (nSPS) is 34.5. The lowest BCUT2D eigenvalue weighted by atomic mass is 9.93. The Morgan fingerprint density at radius 2 is 1.07 bits per heavy atom. The summed E-state index contributed by atoms with van der Waals surface area (Å²) in [4.78, 5) is 0. The molecule has 4 aliphatic heterocycles. The van der Waals surface area contributed by atoms with Crippen LogP contribution in [0.2, 0.25) is 0 Å². The van der Waals surface area contributed by atoms with Gasteiger partial charge in [-0.05, 0) is 37.5 Å². The van der Waals surface area contributed by atoms with E-state index in [0.29, 0.717) is 19.8 Å². The van der Waals surface area contributed by atoms with E-state index in [1.165, 1.54) is 0 Å². The van der Waals surface area contributed by atoms with Crippen molar-refractivity contribution in [1.82, 2.24) is 0 Å². The molecule has 15 heteroatoms. The number of fused-ring (bicyclic) bond motifs is 1. The minimum atomic E-state index is -2.09. The minimum Gasteiger partial charge on any atom is -0.445 e. The fraction of sp³-hybridized carbons (Fsp3) is 0.568. The van der Waals surface area contributed by atoms with E-state index in [9.17, 15) is 0 Å². The quantitative estimate of drug-likeness (QED) is 0.0959. The van der Waals surface area contributed by atoms with Gasteiger partial charge in [-0.2, -0.15) is 0 Å². The Hall–Kier alpha value is -2.40. The van der Waals surface area contributed by atoms with Gasteiger partial charge in [0.2, 0.25) is 12.2 Å². The van der Waals surface area contributed by atoms with Crippen LogP contribution >= 0.6 is 34.8 Å². The Morgan fingerprint density at radius 1 is 0.627 bits per heavy atom. The lowest BCUT2D eigenvalue weighted by Crippen LogP contribution is -2.61. The molecule has 7 unspecified atom stereocenters. The third-order valence-corrected chi connectivity index (χ3v) is 11.5. The van der Waals surface area contributed by atoms with Gasteiger partial charge in [0.15, 0.2) is 24.5 Å². The van der Waals surface area contributed by atoms with E-state index in [-0.39, 0.29) is 37.3 Å². The summed E-state index contributed by atoms with van der Waals surface area (Å²) < 4.78 is 68.8. The van der Waals surface area contributed by atoms with Crippen LogP contribution in [0, 0.1) is 17.2 Å². The van der Waals surface area contributed by atoms with E-state index in [1.807, 2.05) is 105 Å². The third kappa shape index (κ3) is 11.4. The van der Waals surface area contributed by atoms with Crippen molar-refractivity contribution < 1.29 is 52.1 Å². The molecule has 4 heterocycles. The average molecular weight is 879 g/mol. The highest BCUT2D eigenvalue weighted by molar-refractivity contribution is 6.76. The predicted molar refractivity (Wildman–Crippen MR) is 220 cm³/mol. The number of benzene rings is 3. The van der Waals surface area contributed by atoms with Gasteiger partial charge in [0.05, 0.1) is 51.3 Å². The maximum atomic E-state index is 8.17. The SMILES string of the molecule is CC1C(OCc2ccccc2)[C@H](OCc2ccccc2)CO[C@H]1OC1C(C)[C@H](O[C@H]2C(C)O[C@@H](OC(=N)C(Cl)(Cl)Cl)C3OC(C)(C)OC32)OC[C@H]1OCc1ccccc1. The highest BCUT2D eigenvalue weighted by atomic mass is 35.6. The molecule has 13 atom stereocenters.